The first-order valence-electron chi connectivity index (χ1n) is 5.88. The number of ketones is 1. The maximum absolute atomic E-state index is 12.1. The number of carbonyl (C=O) groups excluding carboxylic acids is 2. The molecule has 0 aliphatic heterocycles. The van der Waals surface area contributed by atoms with Gasteiger partial charge in [-0.05, 0) is 31.7 Å². The lowest BCUT2D eigenvalue weighted by molar-refractivity contribution is -0.159. The standard InChI is InChI=1S/C14H18O3S/c1-4-8-14(11(3)15,13(16)17-5-2)10-12-7-6-9-18-12/h4,6-7,9H,1,5,8,10H2,2-3H3/t14-/m0/s1. The second-order valence-corrected chi connectivity index (χ2v) is 5.14. The normalized spacial score (nSPS) is 13.7. The van der Waals surface area contributed by atoms with Crippen molar-refractivity contribution in [2.24, 2.45) is 5.41 Å². The fourth-order valence-electron chi connectivity index (χ4n) is 1.87. The molecule has 0 unspecified atom stereocenters. The molecule has 1 heterocycles. The van der Waals surface area contributed by atoms with Crippen molar-refractivity contribution in [1.29, 1.82) is 0 Å². The van der Waals surface area contributed by atoms with Crippen LogP contribution in [0.5, 0.6) is 0 Å². The van der Waals surface area contributed by atoms with Crippen molar-refractivity contribution >= 4 is 23.1 Å². The molecule has 0 bridgehead atoms. The Labute approximate surface area is 111 Å². The first kappa shape index (κ1) is 14.6. The molecule has 0 spiro atoms. The second kappa shape index (κ2) is 6.50. The van der Waals surface area contributed by atoms with E-state index in [1.165, 1.54) is 18.3 Å². The SMILES string of the molecule is C=CC[C@](Cc1cccs1)(C(C)=O)C(=O)OCC. The Morgan fingerprint density at radius 3 is 2.72 bits per heavy atom. The van der Waals surface area contributed by atoms with E-state index in [2.05, 4.69) is 6.58 Å². The zero-order valence-corrected chi connectivity index (χ0v) is 11.6. The number of rotatable bonds is 7. The number of carbonyl (C=O) groups is 2. The molecule has 0 amide bonds. The predicted molar refractivity (Wildman–Crippen MR) is 72.6 cm³/mol. The monoisotopic (exact) mass is 266 g/mol. The van der Waals surface area contributed by atoms with Gasteiger partial charge >= 0.3 is 5.97 Å². The van der Waals surface area contributed by atoms with E-state index in [0.29, 0.717) is 12.8 Å². The first-order chi connectivity index (χ1) is 8.56. The van der Waals surface area contributed by atoms with Crippen LogP contribution < -0.4 is 0 Å². The molecule has 0 radical (unpaired) electrons. The van der Waals surface area contributed by atoms with Crippen LogP contribution in [0, 0.1) is 5.41 Å². The van der Waals surface area contributed by atoms with E-state index in [0.717, 1.165) is 4.88 Å². The number of Topliss-reactive ketones (excluding diaryl/α,β-unsaturated/α-hetero) is 1. The molecule has 0 aliphatic carbocycles. The molecule has 1 rings (SSSR count). The lowest BCUT2D eigenvalue weighted by Gasteiger charge is -2.27. The van der Waals surface area contributed by atoms with E-state index < -0.39 is 11.4 Å². The molecule has 0 saturated heterocycles. The highest BCUT2D eigenvalue weighted by Crippen LogP contribution is 2.32. The zero-order chi connectivity index (χ0) is 13.6. The molecule has 0 N–H and O–H groups in total. The van der Waals surface area contributed by atoms with Gasteiger partial charge in [0.15, 0.2) is 0 Å². The second-order valence-electron chi connectivity index (χ2n) is 4.11. The largest absolute Gasteiger partial charge is 0.465 e. The molecule has 0 saturated carbocycles. The summed E-state index contributed by atoms with van der Waals surface area (Å²) < 4.78 is 5.07. The number of hydrogen-bond donors (Lipinski definition) is 0. The molecule has 0 aromatic carbocycles. The third-order valence-corrected chi connectivity index (χ3v) is 3.77. The van der Waals surface area contributed by atoms with Gasteiger partial charge in [0.2, 0.25) is 0 Å². The van der Waals surface area contributed by atoms with Crippen LogP contribution in [0.4, 0.5) is 0 Å². The van der Waals surface area contributed by atoms with Crippen molar-refractivity contribution in [3.8, 4) is 0 Å². The molecule has 4 heteroatoms. The maximum Gasteiger partial charge on any atom is 0.320 e. The average molecular weight is 266 g/mol. The summed E-state index contributed by atoms with van der Waals surface area (Å²) >= 11 is 1.53. The van der Waals surface area contributed by atoms with E-state index in [4.69, 9.17) is 4.74 Å². The molecule has 3 nitrogen and oxygen atoms in total. The molecule has 98 valence electrons. The van der Waals surface area contributed by atoms with E-state index in [-0.39, 0.29) is 12.4 Å². The minimum atomic E-state index is -1.12. The summed E-state index contributed by atoms with van der Waals surface area (Å²) in [4.78, 5) is 25.1. The van der Waals surface area contributed by atoms with E-state index in [1.807, 2.05) is 17.5 Å². The molecule has 1 aromatic rings. The van der Waals surface area contributed by atoms with Crippen LogP contribution in [-0.4, -0.2) is 18.4 Å². The van der Waals surface area contributed by atoms with Crippen LogP contribution in [0.2, 0.25) is 0 Å². The van der Waals surface area contributed by atoms with Gasteiger partial charge in [-0.1, -0.05) is 12.1 Å². The van der Waals surface area contributed by atoms with Crippen molar-refractivity contribution < 1.29 is 14.3 Å². The van der Waals surface area contributed by atoms with E-state index >= 15 is 0 Å². The number of esters is 1. The molecule has 0 aliphatic rings. The Bertz CT molecular complexity index is 422. The Morgan fingerprint density at radius 1 is 1.56 bits per heavy atom. The van der Waals surface area contributed by atoms with E-state index in [1.54, 1.807) is 13.0 Å². The fourth-order valence-corrected chi connectivity index (χ4v) is 2.68. The average Bonchev–Trinajstić information content (AvgIpc) is 2.81. The Hall–Kier alpha value is -1.42. The highest BCUT2D eigenvalue weighted by molar-refractivity contribution is 7.09. The van der Waals surface area contributed by atoms with Gasteiger partial charge in [0, 0.05) is 11.3 Å². The minimum Gasteiger partial charge on any atom is -0.465 e. The molecule has 1 aromatic heterocycles. The van der Waals surface area contributed by atoms with Gasteiger partial charge in [-0.2, -0.15) is 0 Å². The van der Waals surface area contributed by atoms with Crippen LogP contribution >= 0.6 is 11.3 Å². The summed E-state index contributed by atoms with van der Waals surface area (Å²) in [6.07, 6.45) is 2.29. The number of allylic oxidation sites excluding steroid dienone is 1. The molecular weight excluding hydrogens is 248 g/mol. The van der Waals surface area contributed by atoms with Gasteiger partial charge in [-0.25, -0.2) is 0 Å². The maximum atomic E-state index is 12.1. The minimum absolute atomic E-state index is 0.172. The lowest BCUT2D eigenvalue weighted by atomic mass is 9.77. The predicted octanol–water partition coefficient (Wildman–Crippen LogP) is 3.01. The zero-order valence-electron chi connectivity index (χ0n) is 10.8. The summed E-state index contributed by atoms with van der Waals surface area (Å²) in [6.45, 7) is 7.09. The highest BCUT2D eigenvalue weighted by atomic mass is 32.1. The Morgan fingerprint density at radius 2 is 2.28 bits per heavy atom. The quantitative estimate of drug-likeness (QED) is 0.433. The van der Waals surface area contributed by atoms with Gasteiger partial charge in [-0.15, -0.1) is 17.9 Å². The van der Waals surface area contributed by atoms with Crippen molar-refractivity contribution in [1.82, 2.24) is 0 Å². The van der Waals surface area contributed by atoms with Gasteiger partial charge in [0.1, 0.15) is 11.2 Å². The van der Waals surface area contributed by atoms with Crippen LogP contribution in [0.15, 0.2) is 30.2 Å². The molecular formula is C14H18O3S. The first-order valence-corrected chi connectivity index (χ1v) is 6.76. The van der Waals surface area contributed by atoms with E-state index in [9.17, 15) is 9.59 Å². The molecule has 18 heavy (non-hydrogen) atoms. The summed E-state index contributed by atoms with van der Waals surface area (Å²) in [6, 6.07) is 3.83. The van der Waals surface area contributed by atoms with Gasteiger partial charge in [0.25, 0.3) is 0 Å². The number of thiophene rings is 1. The van der Waals surface area contributed by atoms with Gasteiger partial charge < -0.3 is 4.74 Å². The highest BCUT2D eigenvalue weighted by Gasteiger charge is 2.43. The summed E-state index contributed by atoms with van der Waals surface area (Å²) in [5.41, 5.74) is -1.12. The van der Waals surface area contributed by atoms with Crippen molar-refractivity contribution in [2.75, 3.05) is 6.61 Å². The van der Waals surface area contributed by atoms with Crippen LogP contribution in [0.25, 0.3) is 0 Å². The van der Waals surface area contributed by atoms with Crippen molar-refractivity contribution in [2.45, 2.75) is 26.7 Å². The Balaban J connectivity index is 3.08. The number of hydrogen-bond acceptors (Lipinski definition) is 4. The summed E-state index contributed by atoms with van der Waals surface area (Å²) in [5, 5.41) is 1.93. The summed E-state index contributed by atoms with van der Waals surface area (Å²) in [7, 11) is 0. The van der Waals surface area contributed by atoms with Crippen molar-refractivity contribution in [3.05, 3.63) is 35.0 Å². The molecule has 1 atom stereocenters. The lowest BCUT2D eigenvalue weighted by Crippen LogP contribution is -2.41. The summed E-state index contributed by atoms with van der Waals surface area (Å²) in [5.74, 6) is -0.625. The number of ether oxygens (including phenoxy) is 1. The van der Waals surface area contributed by atoms with Crippen LogP contribution in [0.1, 0.15) is 25.1 Å². The van der Waals surface area contributed by atoms with Crippen molar-refractivity contribution in [3.63, 3.8) is 0 Å². The van der Waals surface area contributed by atoms with Gasteiger partial charge in [0.05, 0.1) is 6.61 Å². The van der Waals surface area contributed by atoms with Crippen LogP contribution in [0.3, 0.4) is 0 Å². The Kier molecular flexibility index (Phi) is 5.28. The third kappa shape index (κ3) is 3.07. The third-order valence-electron chi connectivity index (χ3n) is 2.89. The fraction of sp³-hybridized carbons (Fsp3) is 0.429. The van der Waals surface area contributed by atoms with Gasteiger partial charge in [-0.3, -0.25) is 9.59 Å². The molecule has 0 fully saturated rings. The van der Waals surface area contributed by atoms with Crippen LogP contribution in [-0.2, 0) is 20.7 Å². The smallest absolute Gasteiger partial charge is 0.320 e. The topological polar surface area (TPSA) is 43.4 Å².